The standard InChI is InChI=1S/C17H24F3NO3/c1-3-4-10-13(17(18,19)20)16(23)21-14(11-24-2)15(22)12-8-6-5-7-9-12/h5-9,13-15,22H,3-4,10-11H2,1-2H3,(H,21,23)/t13-,14-,15+/m0/s1. The summed E-state index contributed by atoms with van der Waals surface area (Å²) in [6.45, 7) is 1.67. The predicted octanol–water partition coefficient (Wildman–Crippen LogP) is 3.22. The Balaban J connectivity index is 2.87. The number of rotatable bonds is 9. The summed E-state index contributed by atoms with van der Waals surface area (Å²) in [5.74, 6) is -3.22. The van der Waals surface area contributed by atoms with Crippen LogP contribution >= 0.6 is 0 Å². The Hall–Kier alpha value is -1.60. The highest BCUT2D eigenvalue weighted by atomic mass is 19.4. The van der Waals surface area contributed by atoms with E-state index in [0.717, 1.165) is 0 Å². The van der Waals surface area contributed by atoms with Gasteiger partial charge in [0.2, 0.25) is 5.91 Å². The molecular formula is C17H24F3NO3. The van der Waals surface area contributed by atoms with E-state index in [4.69, 9.17) is 4.74 Å². The molecule has 0 saturated carbocycles. The summed E-state index contributed by atoms with van der Waals surface area (Å²) < 4.78 is 44.2. The number of nitrogens with one attached hydrogen (secondary N) is 1. The Bertz CT molecular complexity index is 494. The molecule has 1 rings (SSSR count). The van der Waals surface area contributed by atoms with Crippen LogP contribution < -0.4 is 5.32 Å². The number of amides is 1. The molecule has 1 amide bonds. The third-order valence-corrected chi connectivity index (χ3v) is 3.75. The lowest BCUT2D eigenvalue weighted by atomic mass is 9.98. The van der Waals surface area contributed by atoms with Crippen molar-refractivity contribution in [1.82, 2.24) is 5.32 Å². The van der Waals surface area contributed by atoms with Gasteiger partial charge in [0.1, 0.15) is 12.0 Å². The zero-order valence-electron chi connectivity index (χ0n) is 13.8. The molecule has 0 aliphatic heterocycles. The van der Waals surface area contributed by atoms with Gasteiger partial charge < -0.3 is 15.2 Å². The van der Waals surface area contributed by atoms with Crippen LogP contribution in [0.25, 0.3) is 0 Å². The van der Waals surface area contributed by atoms with E-state index in [2.05, 4.69) is 5.32 Å². The molecule has 136 valence electrons. The zero-order valence-corrected chi connectivity index (χ0v) is 13.8. The van der Waals surface area contributed by atoms with Crippen molar-refractivity contribution in [2.75, 3.05) is 13.7 Å². The van der Waals surface area contributed by atoms with Crippen molar-refractivity contribution in [2.45, 2.75) is 44.5 Å². The number of alkyl halides is 3. The van der Waals surface area contributed by atoms with E-state index in [1.165, 1.54) is 7.11 Å². The first-order valence-corrected chi connectivity index (χ1v) is 7.90. The number of aliphatic hydroxyl groups excluding tert-OH is 1. The molecule has 2 N–H and O–H groups in total. The Morgan fingerprint density at radius 2 is 1.92 bits per heavy atom. The first kappa shape index (κ1) is 20.4. The third-order valence-electron chi connectivity index (χ3n) is 3.75. The number of carbonyl (C=O) groups is 1. The van der Waals surface area contributed by atoms with E-state index in [-0.39, 0.29) is 13.0 Å². The summed E-state index contributed by atoms with van der Waals surface area (Å²) in [6, 6.07) is 7.46. The van der Waals surface area contributed by atoms with Crippen molar-refractivity contribution in [3.8, 4) is 0 Å². The van der Waals surface area contributed by atoms with Gasteiger partial charge in [0, 0.05) is 7.11 Å². The number of carbonyl (C=O) groups excluding carboxylic acids is 1. The van der Waals surface area contributed by atoms with Crippen LogP contribution in [0.1, 0.15) is 37.9 Å². The van der Waals surface area contributed by atoms with Crippen LogP contribution in [0, 0.1) is 5.92 Å². The summed E-state index contributed by atoms with van der Waals surface area (Å²) in [6.07, 6.45) is -5.18. The second-order valence-corrected chi connectivity index (χ2v) is 5.66. The molecule has 0 fully saturated rings. The number of hydrogen-bond donors (Lipinski definition) is 2. The van der Waals surface area contributed by atoms with Crippen LogP contribution in [0.3, 0.4) is 0 Å². The van der Waals surface area contributed by atoms with Gasteiger partial charge in [0.25, 0.3) is 0 Å². The number of benzene rings is 1. The minimum absolute atomic E-state index is 0.0971. The van der Waals surface area contributed by atoms with Crippen LogP contribution in [-0.4, -0.2) is 36.9 Å². The number of methoxy groups -OCH3 is 1. The maximum atomic E-state index is 13.1. The van der Waals surface area contributed by atoms with Crippen LogP contribution in [-0.2, 0) is 9.53 Å². The molecule has 0 heterocycles. The molecule has 7 heteroatoms. The van der Waals surface area contributed by atoms with Crippen molar-refractivity contribution < 1.29 is 27.8 Å². The van der Waals surface area contributed by atoms with Crippen molar-refractivity contribution in [2.24, 2.45) is 5.92 Å². The first-order valence-electron chi connectivity index (χ1n) is 7.90. The predicted molar refractivity (Wildman–Crippen MR) is 84.3 cm³/mol. The molecule has 4 nitrogen and oxygen atoms in total. The van der Waals surface area contributed by atoms with Crippen molar-refractivity contribution >= 4 is 5.91 Å². The highest BCUT2D eigenvalue weighted by Crippen LogP contribution is 2.31. The lowest BCUT2D eigenvalue weighted by Gasteiger charge is -2.27. The molecule has 1 aromatic carbocycles. The largest absolute Gasteiger partial charge is 0.400 e. The topological polar surface area (TPSA) is 58.6 Å². The summed E-state index contributed by atoms with van der Waals surface area (Å²) in [7, 11) is 1.36. The second kappa shape index (κ2) is 9.64. The van der Waals surface area contributed by atoms with Crippen LogP contribution in [0.2, 0.25) is 0 Å². The van der Waals surface area contributed by atoms with Gasteiger partial charge in [0.05, 0.1) is 12.6 Å². The number of aliphatic hydroxyl groups is 1. The molecular weight excluding hydrogens is 323 g/mol. The van der Waals surface area contributed by atoms with Crippen molar-refractivity contribution in [3.63, 3.8) is 0 Å². The second-order valence-electron chi connectivity index (χ2n) is 5.66. The Labute approximate surface area is 140 Å². The number of hydrogen-bond acceptors (Lipinski definition) is 3. The molecule has 0 bridgehead atoms. The third kappa shape index (κ3) is 6.13. The zero-order chi connectivity index (χ0) is 18.2. The first-order chi connectivity index (χ1) is 11.3. The fourth-order valence-electron chi connectivity index (χ4n) is 2.41. The minimum Gasteiger partial charge on any atom is -0.386 e. The number of unbranched alkanes of at least 4 members (excludes halogenated alkanes) is 1. The highest BCUT2D eigenvalue weighted by molar-refractivity contribution is 5.79. The van der Waals surface area contributed by atoms with Crippen LogP contribution in [0.4, 0.5) is 13.2 Å². The van der Waals surface area contributed by atoms with Gasteiger partial charge in [-0.05, 0) is 12.0 Å². The Morgan fingerprint density at radius 1 is 1.29 bits per heavy atom. The average molecular weight is 347 g/mol. The van der Waals surface area contributed by atoms with E-state index in [0.29, 0.717) is 18.4 Å². The van der Waals surface area contributed by atoms with Crippen LogP contribution in [0.5, 0.6) is 0 Å². The lowest BCUT2D eigenvalue weighted by molar-refractivity contribution is -0.185. The lowest BCUT2D eigenvalue weighted by Crippen LogP contribution is -2.48. The summed E-state index contributed by atoms with van der Waals surface area (Å²) in [5, 5.41) is 12.6. The Kier molecular flexibility index (Phi) is 8.21. The van der Waals surface area contributed by atoms with Gasteiger partial charge in [-0.3, -0.25) is 4.79 Å². The van der Waals surface area contributed by atoms with Gasteiger partial charge in [-0.15, -0.1) is 0 Å². The van der Waals surface area contributed by atoms with E-state index in [1.54, 1.807) is 37.3 Å². The highest BCUT2D eigenvalue weighted by Gasteiger charge is 2.44. The van der Waals surface area contributed by atoms with E-state index in [9.17, 15) is 23.1 Å². The molecule has 0 radical (unpaired) electrons. The SMILES string of the molecule is CCCC[C@@H](C(=O)N[C@@H](COC)[C@H](O)c1ccccc1)C(F)(F)F. The van der Waals surface area contributed by atoms with Gasteiger partial charge in [-0.1, -0.05) is 50.1 Å². The fraction of sp³-hybridized carbons (Fsp3) is 0.588. The molecule has 0 unspecified atom stereocenters. The summed E-state index contributed by atoms with van der Waals surface area (Å²) in [4.78, 5) is 12.1. The summed E-state index contributed by atoms with van der Waals surface area (Å²) in [5.41, 5.74) is 0.497. The van der Waals surface area contributed by atoms with E-state index in [1.807, 2.05) is 0 Å². The smallest absolute Gasteiger partial charge is 0.386 e. The van der Waals surface area contributed by atoms with Gasteiger partial charge in [0.15, 0.2) is 0 Å². The van der Waals surface area contributed by atoms with E-state index >= 15 is 0 Å². The monoisotopic (exact) mass is 347 g/mol. The molecule has 0 spiro atoms. The molecule has 0 aliphatic carbocycles. The molecule has 24 heavy (non-hydrogen) atoms. The quantitative estimate of drug-likeness (QED) is 0.721. The molecule has 0 saturated heterocycles. The van der Waals surface area contributed by atoms with Gasteiger partial charge >= 0.3 is 6.18 Å². The maximum Gasteiger partial charge on any atom is 0.400 e. The average Bonchev–Trinajstić information content (AvgIpc) is 2.53. The molecule has 0 aromatic heterocycles. The molecule has 1 aromatic rings. The summed E-state index contributed by atoms with van der Waals surface area (Å²) >= 11 is 0. The number of halogens is 3. The molecule has 0 aliphatic rings. The molecule has 3 atom stereocenters. The van der Waals surface area contributed by atoms with Crippen LogP contribution in [0.15, 0.2) is 30.3 Å². The number of ether oxygens (including phenoxy) is 1. The maximum absolute atomic E-state index is 13.1. The van der Waals surface area contributed by atoms with Gasteiger partial charge in [-0.25, -0.2) is 0 Å². The van der Waals surface area contributed by atoms with Crippen molar-refractivity contribution in [1.29, 1.82) is 0 Å². The van der Waals surface area contributed by atoms with Crippen molar-refractivity contribution in [3.05, 3.63) is 35.9 Å². The van der Waals surface area contributed by atoms with Gasteiger partial charge in [-0.2, -0.15) is 13.2 Å². The minimum atomic E-state index is -4.62. The Morgan fingerprint density at radius 3 is 2.42 bits per heavy atom. The fourth-order valence-corrected chi connectivity index (χ4v) is 2.41. The van der Waals surface area contributed by atoms with E-state index < -0.39 is 30.1 Å². The normalized spacial score (nSPS) is 15.6.